The highest BCUT2D eigenvalue weighted by Gasteiger charge is 2.37. The molecule has 1 fully saturated rings. The number of nitrogens with one attached hydrogen (secondary N) is 1. The molecule has 0 radical (unpaired) electrons. The van der Waals surface area contributed by atoms with Crippen molar-refractivity contribution in [3.05, 3.63) is 29.6 Å². The van der Waals surface area contributed by atoms with Crippen molar-refractivity contribution in [1.82, 2.24) is 29.3 Å². The van der Waals surface area contributed by atoms with Gasteiger partial charge in [-0.25, -0.2) is 13.4 Å². The van der Waals surface area contributed by atoms with Crippen LogP contribution in [0, 0.1) is 5.92 Å². The molecule has 0 bridgehead atoms. The van der Waals surface area contributed by atoms with Gasteiger partial charge in [-0.2, -0.15) is 19.2 Å². The molecule has 0 aromatic carbocycles. The van der Waals surface area contributed by atoms with Crippen LogP contribution in [0.2, 0.25) is 0 Å². The molecule has 0 saturated carbocycles. The molecular weight excluding hydrogens is 430 g/mol. The highest BCUT2D eigenvalue weighted by molar-refractivity contribution is 7.88. The summed E-state index contributed by atoms with van der Waals surface area (Å²) in [6.45, 7) is 8.61. The number of sulfonamides is 1. The first-order valence-electron chi connectivity index (χ1n) is 11.0. The van der Waals surface area contributed by atoms with E-state index in [1.807, 2.05) is 6.07 Å². The van der Waals surface area contributed by atoms with Gasteiger partial charge in [0.05, 0.1) is 37.2 Å². The lowest BCUT2D eigenvalue weighted by atomic mass is 9.94. The van der Waals surface area contributed by atoms with Crippen molar-refractivity contribution in [1.29, 1.82) is 0 Å². The Morgan fingerprint density at radius 2 is 2.06 bits per heavy atom. The summed E-state index contributed by atoms with van der Waals surface area (Å²) in [7, 11) is -3.41. The zero-order valence-electron chi connectivity index (χ0n) is 18.8. The minimum Gasteiger partial charge on any atom is -0.377 e. The topological polar surface area (TPSA) is 109 Å². The Bertz CT molecular complexity index is 1240. The highest BCUT2D eigenvalue weighted by atomic mass is 32.2. The molecular formula is C21H29N7O3S. The standard InChI is InChI=1S/C21H29N7O3S/c1-13(2)20-15-11-18(26-9-10-31-12-14(26)3)23-21-19(15)16(6-8-27(20)32(4,29)30)25-28(21)17-5-7-22-24-17/h5,7,11,13-14,20H,6,8-10,12H2,1-4H3,(H,22,24)/t14-,20?/m1/s1. The number of ether oxygens (including phenoxy) is 1. The van der Waals surface area contributed by atoms with Crippen molar-refractivity contribution < 1.29 is 13.2 Å². The van der Waals surface area contributed by atoms with Gasteiger partial charge in [-0.3, -0.25) is 5.10 Å². The van der Waals surface area contributed by atoms with E-state index in [0.717, 1.165) is 29.0 Å². The van der Waals surface area contributed by atoms with Crippen LogP contribution in [-0.4, -0.2) is 76.3 Å². The van der Waals surface area contributed by atoms with E-state index in [9.17, 15) is 8.42 Å². The summed E-state index contributed by atoms with van der Waals surface area (Å²) in [5.74, 6) is 1.55. The van der Waals surface area contributed by atoms with Crippen LogP contribution in [0.1, 0.15) is 38.1 Å². The summed E-state index contributed by atoms with van der Waals surface area (Å²) in [6.07, 6.45) is 3.57. The van der Waals surface area contributed by atoms with E-state index in [1.54, 1.807) is 15.2 Å². The van der Waals surface area contributed by atoms with E-state index in [1.165, 1.54) is 6.26 Å². The Morgan fingerprint density at radius 3 is 2.72 bits per heavy atom. The van der Waals surface area contributed by atoms with Gasteiger partial charge >= 0.3 is 0 Å². The Balaban J connectivity index is 1.80. The predicted octanol–water partition coefficient (Wildman–Crippen LogP) is 1.88. The number of anilines is 1. The lowest BCUT2D eigenvalue weighted by Crippen LogP contribution is -2.44. The molecule has 0 amide bonds. The van der Waals surface area contributed by atoms with Gasteiger partial charge in [0.15, 0.2) is 11.5 Å². The molecule has 3 aromatic heterocycles. The number of H-pyrrole nitrogens is 1. The lowest BCUT2D eigenvalue weighted by molar-refractivity contribution is 0.0985. The summed E-state index contributed by atoms with van der Waals surface area (Å²) in [4.78, 5) is 7.27. The first kappa shape index (κ1) is 21.4. The normalized spacial score (nSPS) is 22.6. The Kier molecular flexibility index (Phi) is 5.22. The third-order valence-electron chi connectivity index (χ3n) is 6.35. The zero-order chi connectivity index (χ0) is 22.6. The van der Waals surface area contributed by atoms with Crippen molar-refractivity contribution in [3.63, 3.8) is 0 Å². The molecule has 5 heterocycles. The molecule has 5 rings (SSSR count). The number of hydrogen-bond acceptors (Lipinski definition) is 7. The summed E-state index contributed by atoms with van der Waals surface area (Å²) in [5.41, 5.74) is 2.52. The SMILES string of the molecule is CC(C)C1c2cc(N3CCOC[C@H]3C)nc3c2c(nn3-c2cc[nH]n2)CCN1S(C)(=O)=O. The maximum absolute atomic E-state index is 12.8. The molecule has 0 spiro atoms. The first-order chi connectivity index (χ1) is 15.3. The van der Waals surface area contributed by atoms with E-state index in [-0.39, 0.29) is 18.0 Å². The van der Waals surface area contributed by atoms with Crippen LogP contribution in [0.5, 0.6) is 0 Å². The van der Waals surface area contributed by atoms with Crippen molar-refractivity contribution in [2.24, 2.45) is 5.92 Å². The summed E-state index contributed by atoms with van der Waals surface area (Å²) in [5, 5.41) is 12.9. The molecule has 1 saturated heterocycles. The van der Waals surface area contributed by atoms with E-state index in [0.29, 0.717) is 37.6 Å². The second-order valence-electron chi connectivity index (χ2n) is 8.99. The number of morpholine rings is 1. The molecule has 3 aromatic rings. The third-order valence-corrected chi connectivity index (χ3v) is 7.61. The first-order valence-corrected chi connectivity index (χ1v) is 12.8. The molecule has 11 heteroatoms. The average molecular weight is 460 g/mol. The van der Waals surface area contributed by atoms with Crippen molar-refractivity contribution >= 4 is 26.9 Å². The van der Waals surface area contributed by atoms with Crippen LogP contribution in [0.25, 0.3) is 16.9 Å². The summed E-state index contributed by atoms with van der Waals surface area (Å²) in [6, 6.07) is 3.79. The van der Waals surface area contributed by atoms with Gasteiger partial charge in [0.2, 0.25) is 10.0 Å². The van der Waals surface area contributed by atoms with Crippen molar-refractivity contribution in [2.45, 2.75) is 39.3 Å². The molecule has 32 heavy (non-hydrogen) atoms. The van der Waals surface area contributed by atoms with Crippen LogP contribution in [-0.2, 0) is 21.2 Å². The van der Waals surface area contributed by atoms with Gasteiger partial charge < -0.3 is 9.64 Å². The minimum atomic E-state index is -3.41. The van der Waals surface area contributed by atoms with E-state index in [2.05, 4.69) is 41.9 Å². The number of rotatable bonds is 4. The van der Waals surface area contributed by atoms with Crippen LogP contribution < -0.4 is 4.90 Å². The molecule has 1 unspecified atom stereocenters. The smallest absolute Gasteiger partial charge is 0.211 e. The second-order valence-corrected chi connectivity index (χ2v) is 10.9. The van der Waals surface area contributed by atoms with Crippen LogP contribution in [0.4, 0.5) is 5.82 Å². The molecule has 10 nitrogen and oxygen atoms in total. The maximum Gasteiger partial charge on any atom is 0.211 e. The van der Waals surface area contributed by atoms with Gasteiger partial charge in [-0.1, -0.05) is 13.8 Å². The number of nitrogens with zero attached hydrogens (tertiary/aromatic N) is 6. The van der Waals surface area contributed by atoms with E-state index >= 15 is 0 Å². The average Bonchev–Trinajstić information content (AvgIpc) is 3.34. The van der Waals surface area contributed by atoms with E-state index < -0.39 is 10.0 Å². The van der Waals surface area contributed by atoms with Gasteiger partial charge in [0.25, 0.3) is 0 Å². The number of aromatic amines is 1. The Labute approximate surface area is 187 Å². The van der Waals surface area contributed by atoms with Crippen molar-refractivity contribution in [3.8, 4) is 5.82 Å². The summed E-state index contributed by atoms with van der Waals surface area (Å²) < 4.78 is 34.6. The molecule has 2 atom stereocenters. The van der Waals surface area contributed by atoms with Crippen LogP contribution in [0.15, 0.2) is 18.3 Å². The number of aromatic nitrogens is 5. The molecule has 172 valence electrons. The fourth-order valence-electron chi connectivity index (χ4n) is 4.93. The largest absolute Gasteiger partial charge is 0.377 e. The maximum atomic E-state index is 12.8. The van der Waals surface area contributed by atoms with Crippen LogP contribution >= 0.6 is 0 Å². The fourth-order valence-corrected chi connectivity index (χ4v) is 6.12. The van der Waals surface area contributed by atoms with Crippen molar-refractivity contribution in [2.75, 3.05) is 37.5 Å². The quantitative estimate of drug-likeness (QED) is 0.634. The molecule has 2 aliphatic heterocycles. The zero-order valence-corrected chi connectivity index (χ0v) is 19.6. The Hall–Kier alpha value is -2.50. The second kappa shape index (κ2) is 7.82. The highest BCUT2D eigenvalue weighted by Crippen LogP contribution is 2.41. The van der Waals surface area contributed by atoms with Gasteiger partial charge in [0, 0.05) is 37.2 Å². The third kappa shape index (κ3) is 3.48. The minimum absolute atomic E-state index is 0.0740. The molecule has 0 aliphatic carbocycles. The molecule has 2 aliphatic rings. The number of pyridine rings is 1. The summed E-state index contributed by atoms with van der Waals surface area (Å²) >= 11 is 0. The van der Waals surface area contributed by atoms with Crippen LogP contribution in [0.3, 0.4) is 0 Å². The van der Waals surface area contributed by atoms with Gasteiger partial charge in [-0.05, 0) is 24.5 Å². The lowest BCUT2D eigenvalue weighted by Gasteiger charge is -2.36. The fraction of sp³-hybridized carbons (Fsp3) is 0.571. The van der Waals surface area contributed by atoms with Gasteiger partial charge in [-0.15, -0.1) is 0 Å². The predicted molar refractivity (Wildman–Crippen MR) is 121 cm³/mol. The monoisotopic (exact) mass is 459 g/mol. The Morgan fingerprint density at radius 1 is 1.25 bits per heavy atom. The van der Waals surface area contributed by atoms with Gasteiger partial charge in [0.1, 0.15) is 5.82 Å². The molecule has 1 N–H and O–H groups in total. The number of hydrogen-bond donors (Lipinski definition) is 1. The van der Waals surface area contributed by atoms with E-state index in [4.69, 9.17) is 14.8 Å².